The number of amides is 1. The molecule has 1 aromatic heterocycles. The first-order chi connectivity index (χ1) is 14.7. The number of nitrogens with zero attached hydrogens (tertiary/aromatic N) is 3. The molecule has 0 radical (unpaired) electrons. The van der Waals surface area contributed by atoms with E-state index in [1.54, 1.807) is 54.8 Å². The first-order valence-electron chi connectivity index (χ1n) is 9.39. The Bertz CT molecular complexity index is 1210. The zero-order chi connectivity index (χ0) is 22.3. The molecular formula is C23H17F4N3O. The lowest BCUT2D eigenvalue weighted by Crippen LogP contribution is -2.25. The van der Waals surface area contributed by atoms with E-state index in [1.807, 2.05) is 0 Å². The third-order valence-electron chi connectivity index (χ3n) is 5.00. The molecule has 158 valence electrons. The van der Waals surface area contributed by atoms with Crippen molar-refractivity contribution in [2.75, 3.05) is 5.01 Å². The summed E-state index contributed by atoms with van der Waals surface area (Å²) in [7, 11) is 0. The molecule has 0 atom stereocenters. The molecule has 0 unspecified atom stereocenters. The van der Waals surface area contributed by atoms with Crippen LogP contribution >= 0.6 is 0 Å². The van der Waals surface area contributed by atoms with Crippen molar-refractivity contribution < 1.29 is 22.4 Å². The number of rotatable bonds is 3. The van der Waals surface area contributed by atoms with Crippen molar-refractivity contribution in [1.82, 2.24) is 4.57 Å². The van der Waals surface area contributed by atoms with E-state index in [0.29, 0.717) is 16.9 Å². The molecule has 2 heterocycles. The SMILES string of the molecule is Cc1cc(/C=C2\C(=O)N(c3ccccc3)N=C2C(F)(F)F)c(C)n1-c1ccc(F)cc1. The van der Waals surface area contributed by atoms with E-state index >= 15 is 0 Å². The molecule has 0 spiro atoms. The highest BCUT2D eigenvalue weighted by molar-refractivity contribution is 6.34. The minimum atomic E-state index is -4.80. The molecule has 0 N–H and O–H groups in total. The Morgan fingerprint density at radius 2 is 1.58 bits per heavy atom. The van der Waals surface area contributed by atoms with Gasteiger partial charge >= 0.3 is 6.18 Å². The lowest BCUT2D eigenvalue weighted by atomic mass is 10.1. The zero-order valence-corrected chi connectivity index (χ0v) is 16.6. The maximum atomic E-state index is 13.7. The van der Waals surface area contributed by atoms with Crippen LogP contribution in [0.25, 0.3) is 11.8 Å². The molecule has 1 amide bonds. The molecule has 2 aromatic carbocycles. The number of para-hydroxylation sites is 1. The second-order valence-electron chi connectivity index (χ2n) is 7.10. The van der Waals surface area contributed by atoms with Crippen molar-refractivity contribution in [3.63, 3.8) is 0 Å². The van der Waals surface area contributed by atoms with Crippen LogP contribution in [0.2, 0.25) is 0 Å². The molecule has 1 aliphatic heterocycles. The van der Waals surface area contributed by atoms with E-state index in [2.05, 4.69) is 5.10 Å². The van der Waals surface area contributed by atoms with E-state index in [4.69, 9.17) is 0 Å². The number of carbonyl (C=O) groups is 1. The first kappa shape index (κ1) is 20.6. The number of hydrazone groups is 1. The van der Waals surface area contributed by atoms with Crippen molar-refractivity contribution in [1.29, 1.82) is 0 Å². The predicted molar refractivity (Wildman–Crippen MR) is 111 cm³/mol. The second kappa shape index (κ2) is 7.54. The average Bonchev–Trinajstić information content (AvgIpc) is 3.20. The van der Waals surface area contributed by atoms with Crippen LogP contribution in [-0.2, 0) is 4.79 Å². The van der Waals surface area contributed by atoms with Gasteiger partial charge in [0.1, 0.15) is 5.82 Å². The van der Waals surface area contributed by atoms with Gasteiger partial charge in [-0.3, -0.25) is 4.79 Å². The smallest absolute Gasteiger partial charge is 0.318 e. The maximum Gasteiger partial charge on any atom is 0.435 e. The fourth-order valence-electron chi connectivity index (χ4n) is 3.58. The molecule has 1 aliphatic rings. The zero-order valence-electron chi connectivity index (χ0n) is 16.6. The van der Waals surface area contributed by atoms with Crippen molar-refractivity contribution in [2.24, 2.45) is 5.10 Å². The topological polar surface area (TPSA) is 37.6 Å². The van der Waals surface area contributed by atoms with Crippen molar-refractivity contribution in [3.05, 3.63) is 89.0 Å². The summed E-state index contributed by atoms with van der Waals surface area (Å²) in [5.74, 6) is -1.25. The van der Waals surface area contributed by atoms with Gasteiger partial charge in [-0.2, -0.15) is 23.3 Å². The maximum absolute atomic E-state index is 13.7. The summed E-state index contributed by atoms with van der Waals surface area (Å²) in [6.07, 6.45) is -3.59. The summed E-state index contributed by atoms with van der Waals surface area (Å²) in [6, 6.07) is 15.4. The van der Waals surface area contributed by atoms with Crippen molar-refractivity contribution in [2.45, 2.75) is 20.0 Å². The summed E-state index contributed by atoms with van der Waals surface area (Å²) >= 11 is 0. The Morgan fingerprint density at radius 1 is 0.935 bits per heavy atom. The van der Waals surface area contributed by atoms with E-state index in [-0.39, 0.29) is 5.69 Å². The van der Waals surface area contributed by atoms with Gasteiger partial charge in [0, 0.05) is 17.1 Å². The lowest BCUT2D eigenvalue weighted by Gasteiger charge is -2.11. The van der Waals surface area contributed by atoms with Crippen molar-refractivity contribution >= 4 is 23.4 Å². The molecule has 31 heavy (non-hydrogen) atoms. The summed E-state index contributed by atoms with van der Waals surface area (Å²) in [5, 5.41) is 4.33. The van der Waals surface area contributed by atoms with E-state index in [1.165, 1.54) is 30.3 Å². The van der Waals surface area contributed by atoms with Gasteiger partial charge in [0.05, 0.1) is 11.3 Å². The van der Waals surface area contributed by atoms with Crippen LogP contribution in [0.3, 0.4) is 0 Å². The van der Waals surface area contributed by atoms with Gasteiger partial charge < -0.3 is 4.57 Å². The van der Waals surface area contributed by atoms with Crippen LogP contribution in [0.4, 0.5) is 23.2 Å². The number of carbonyl (C=O) groups excluding carboxylic acids is 1. The number of aromatic nitrogens is 1. The minimum Gasteiger partial charge on any atom is -0.318 e. The standard InChI is InChI=1S/C23H17F4N3O/c1-14-12-16(15(2)29(14)18-10-8-17(24)9-11-18)13-20-21(23(25,26)27)28-30(22(20)31)19-6-4-3-5-7-19/h3-13H,1-2H3/b20-13-. The summed E-state index contributed by atoms with van der Waals surface area (Å²) < 4.78 is 56.1. The summed E-state index contributed by atoms with van der Waals surface area (Å²) in [6.45, 7) is 3.51. The Morgan fingerprint density at radius 3 is 2.19 bits per heavy atom. The molecule has 4 nitrogen and oxygen atoms in total. The van der Waals surface area contributed by atoms with Crippen molar-refractivity contribution in [3.8, 4) is 5.69 Å². The monoisotopic (exact) mass is 427 g/mol. The minimum absolute atomic E-state index is 0.245. The largest absolute Gasteiger partial charge is 0.435 e. The highest BCUT2D eigenvalue weighted by Gasteiger charge is 2.46. The lowest BCUT2D eigenvalue weighted by molar-refractivity contribution is -0.114. The molecule has 0 saturated heterocycles. The third-order valence-corrected chi connectivity index (χ3v) is 5.00. The van der Waals surface area contributed by atoms with Crippen LogP contribution in [0, 0.1) is 19.7 Å². The number of alkyl halides is 3. The van der Waals surface area contributed by atoms with Gasteiger partial charge in [-0.05, 0) is 68.0 Å². The summed E-state index contributed by atoms with van der Waals surface area (Å²) in [4.78, 5) is 12.9. The van der Waals surface area contributed by atoms with Crippen LogP contribution in [0.15, 0.2) is 71.3 Å². The van der Waals surface area contributed by atoms with Crippen LogP contribution in [0.5, 0.6) is 0 Å². The third kappa shape index (κ3) is 3.76. The normalized spacial score (nSPS) is 15.7. The molecule has 8 heteroatoms. The molecule has 0 fully saturated rings. The quantitative estimate of drug-likeness (QED) is 0.397. The Hall–Kier alpha value is -3.68. The second-order valence-corrected chi connectivity index (χ2v) is 7.10. The fraction of sp³-hybridized carbons (Fsp3) is 0.130. The molecule has 0 aliphatic carbocycles. The number of anilines is 1. The molecule has 0 bridgehead atoms. The average molecular weight is 427 g/mol. The molecular weight excluding hydrogens is 410 g/mol. The predicted octanol–water partition coefficient (Wildman–Crippen LogP) is 5.58. The van der Waals surface area contributed by atoms with Crippen LogP contribution in [-0.4, -0.2) is 22.4 Å². The number of halogens is 4. The Labute approximate surface area is 175 Å². The van der Waals surface area contributed by atoms with E-state index in [9.17, 15) is 22.4 Å². The molecule has 0 saturated carbocycles. The van der Waals surface area contributed by atoms with Crippen LogP contribution < -0.4 is 5.01 Å². The van der Waals surface area contributed by atoms with E-state index < -0.39 is 29.2 Å². The number of hydrogen-bond donors (Lipinski definition) is 0. The van der Waals surface area contributed by atoms with Gasteiger partial charge in [0.15, 0.2) is 5.71 Å². The molecule has 3 aromatic rings. The molecule has 4 rings (SSSR count). The number of hydrogen-bond acceptors (Lipinski definition) is 2. The first-order valence-corrected chi connectivity index (χ1v) is 9.39. The Kier molecular flexibility index (Phi) is 5.00. The van der Waals surface area contributed by atoms with Gasteiger partial charge in [0.25, 0.3) is 5.91 Å². The Balaban J connectivity index is 1.80. The van der Waals surface area contributed by atoms with Crippen LogP contribution in [0.1, 0.15) is 17.0 Å². The highest BCUT2D eigenvalue weighted by Crippen LogP contribution is 2.33. The van der Waals surface area contributed by atoms with Gasteiger partial charge in [-0.1, -0.05) is 18.2 Å². The van der Waals surface area contributed by atoms with Gasteiger partial charge in [0.2, 0.25) is 0 Å². The number of benzene rings is 2. The fourth-order valence-corrected chi connectivity index (χ4v) is 3.58. The van der Waals surface area contributed by atoms with E-state index in [0.717, 1.165) is 10.7 Å². The highest BCUT2D eigenvalue weighted by atomic mass is 19.4. The number of aryl methyl sites for hydroxylation is 1. The van der Waals surface area contributed by atoms with Gasteiger partial charge in [-0.25, -0.2) is 4.39 Å². The summed E-state index contributed by atoms with van der Waals surface area (Å²) in [5.41, 5.74) is 0.917. The van der Waals surface area contributed by atoms with Gasteiger partial charge in [-0.15, -0.1) is 0 Å².